The van der Waals surface area contributed by atoms with Gasteiger partial charge in [-0.2, -0.15) is 0 Å². The maximum Gasteiger partial charge on any atom is 0.246 e. The van der Waals surface area contributed by atoms with Crippen molar-refractivity contribution in [3.05, 3.63) is 40.1 Å². The van der Waals surface area contributed by atoms with Gasteiger partial charge in [-0.15, -0.1) is 0 Å². The number of halogens is 2. The number of β-amino-alcohol motifs (C(OH)–C–C–N with tert-alkyl or cyclic N) is 1. The van der Waals surface area contributed by atoms with E-state index in [2.05, 4.69) is 15.9 Å². The van der Waals surface area contributed by atoms with Crippen LogP contribution in [0.5, 0.6) is 0 Å². The molecule has 20 heavy (non-hydrogen) atoms. The number of nitrogens with zero attached hydrogens (tertiary/aromatic N) is 1. The average Bonchev–Trinajstić information content (AvgIpc) is 2.35. The van der Waals surface area contributed by atoms with E-state index >= 15 is 0 Å². The largest absolute Gasteiger partial charge is 0.386 e. The van der Waals surface area contributed by atoms with Crippen LogP contribution in [0.25, 0.3) is 6.08 Å². The molecule has 0 bridgehead atoms. The standard InChI is InChI=1S/C15H17BrFNO2/c1-10(2)15(20)8-18(9-15)14(19)6-3-11-7-12(16)4-5-13(11)17/h3-7,10,20H,8-9H2,1-2H3. The van der Waals surface area contributed by atoms with Crippen molar-refractivity contribution in [3.8, 4) is 0 Å². The van der Waals surface area contributed by atoms with Crippen LogP contribution in [0.2, 0.25) is 0 Å². The van der Waals surface area contributed by atoms with Gasteiger partial charge in [0.05, 0.1) is 13.1 Å². The van der Waals surface area contributed by atoms with Crippen molar-refractivity contribution in [2.24, 2.45) is 5.92 Å². The van der Waals surface area contributed by atoms with Gasteiger partial charge in [0.15, 0.2) is 0 Å². The average molecular weight is 342 g/mol. The van der Waals surface area contributed by atoms with Crippen molar-refractivity contribution in [1.82, 2.24) is 4.90 Å². The minimum absolute atomic E-state index is 0.109. The van der Waals surface area contributed by atoms with Gasteiger partial charge in [0, 0.05) is 16.1 Å². The van der Waals surface area contributed by atoms with Crippen LogP contribution in [0.15, 0.2) is 28.7 Å². The smallest absolute Gasteiger partial charge is 0.246 e. The molecule has 0 atom stereocenters. The number of amides is 1. The van der Waals surface area contributed by atoms with E-state index in [0.29, 0.717) is 18.7 Å². The lowest BCUT2D eigenvalue weighted by atomic mass is 9.83. The fraction of sp³-hybridized carbons (Fsp3) is 0.400. The van der Waals surface area contributed by atoms with Gasteiger partial charge in [-0.05, 0) is 30.2 Å². The highest BCUT2D eigenvalue weighted by Crippen LogP contribution is 2.28. The number of rotatable bonds is 3. The van der Waals surface area contributed by atoms with Crippen LogP contribution >= 0.6 is 15.9 Å². The third-order valence-corrected chi connectivity index (χ3v) is 4.17. The Morgan fingerprint density at radius 2 is 2.15 bits per heavy atom. The summed E-state index contributed by atoms with van der Waals surface area (Å²) >= 11 is 3.26. The molecule has 5 heteroatoms. The first-order valence-electron chi connectivity index (χ1n) is 6.46. The van der Waals surface area contributed by atoms with Crippen LogP contribution in [0.1, 0.15) is 19.4 Å². The molecule has 0 radical (unpaired) electrons. The lowest BCUT2D eigenvalue weighted by molar-refractivity contribution is -0.158. The van der Waals surface area contributed by atoms with Crippen LogP contribution in [0, 0.1) is 11.7 Å². The first-order chi connectivity index (χ1) is 9.32. The van der Waals surface area contributed by atoms with Crippen LogP contribution in [-0.4, -0.2) is 34.6 Å². The van der Waals surface area contributed by atoms with E-state index in [1.807, 2.05) is 13.8 Å². The molecule has 0 unspecified atom stereocenters. The number of hydrogen-bond donors (Lipinski definition) is 1. The molecule has 1 N–H and O–H groups in total. The summed E-state index contributed by atoms with van der Waals surface area (Å²) in [5.74, 6) is -0.479. The predicted octanol–water partition coefficient (Wildman–Crippen LogP) is 2.83. The maximum atomic E-state index is 13.5. The highest BCUT2D eigenvalue weighted by Gasteiger charge is 2.45. The monoisotopic (exact) mass is 341 g/mol. The molecule has 0 aliphatic carbocycles. The number of likely N-dealkylation sites (tertiary alicyclic amines) is 1. The molecule has 3 nitrogen and oxygen atoms in total. The normalized spacial score (nSPS) is 17.6. The molecule has 1 aromatic rings. The van der Waals surface area contributed by atoms with E-state index in [-0.39, 0.29) is 17.6 Å². The number of carbonyl (C=O) groups excluding carboxylic acids is 1. The second-order valence-electron chi connectivity index (χ2n) is 5.45. The summed E-state index contributed by atoms with van der Waals surface area (Å²) in [6, 6.07) is 4.56. The molecule has 1 aliphatic rings. The van der Waals surface area contributed by atoms with E-state index in [1.54, 1.807) is 17.0 Å². The molecular formula is C15H17BrFNO2. The van der Waals surface area contributed by atoms with Crippen molar-refractivity contribution in [2.45, 2.75) is 19.4 Å². The molecular weight excluding hydrogens is 325 g/mol. The van der Waals surface area contributed by atoms with Gasteiger partial charge in [-0.25, -0.2) is 4.39 Å². The minimum atomic E-state index is -0.787. The Labute approximate surface area is 126 Å². The van der Waals surface area contributed by atoms with E-state index in [0.717, 1.165) is 4.47 Å². The van der Waals surface area contributed by atoms with Crippen LogP contribution in [0.4, 0.5) is 4.39 Å². The highest BCUT2D eigenvalue weighted by atomic mass is 79.9. The van der Waals surface area contributed by atoms with Gasteiger partial charge in [-0.1, -0.05) is 29.8 Å². The maximum absolute atomic E-state index is 13.5. The molecule has 1 fully saturated rings. The Balaban J connectivity index is 1.99. The van der Waals surface area contributed by atoms with E-state index < -0.39 is 5.60 Å². The topological polar surface area (TPSA) is 40.5 Å². The second-order valence-corrected chi connectivity index (χ2v) is 6.37. The summed E-state index contributed by atoms with van der Waals surface area (Å²) in [6.07, 6.45) is 2.79. The van der Waals surface area contributed by atoms with E-state index in [9.17, 15) is 14.3 Å². The Hall–Kier alpha value is -1.20. The molecule has 108 valence electrons. The van der Waals surface area contributed by atoms with Crippen molar-refractivity contribution in [2.75, 3.05) is 13.1 Å². The van der Waals surface area contributed by atoms with Crippen molar-refractivity contribution in [3.63, 3.8) is 0 Å². The molecule has 1 aliphatic heterocycles. The molecule has 1 heterocycles. The third-order valence-electron chi connectivity index (χ3n) is 3.68. The van der Waals surface area contributed by atoms with Gasteiger partial charge in [-0.3, -0.25) is 4.79 Å². The Kier molecular flexibility index (Phi) is 4.30. The van der Waals surface area contributed by atoms with Gasteiger partial charge in [0.25, 0.3) is 0 Å². The summed E-state index contributed by atoms with van der Waals surface area (Å²) in [4.78, 5) is 13.4. The summed E-state index contributed by atoms with van der Waals surface area (Å²) in [7, 11) is 0. The first-order valence-corrected chi connectivity index (χ1v) is 7.25. The third kappa shape index (κ3) is 3.10. The molecule has 0 spiro atoms. The molecule has 1 aromatic carbocycles. The van der Waals surface area contributed by atoms with Gasteiger partial charge in [0.2, 0.25) is 5.91 Å². The molecule has 2 rings (SSSR count). The first kappa shape index (κ1) is 15.2. The SMILES string of the molecule is CC(C)C1(O)CN(C(=O)C=Cc2cc(Br)ccc2F)C1. The number of hydrogen-bond acceptors (Lipinski definition) is 2. The molecule has 0 saturated carbocycles. The molecule has 1 saturated heterocycles. The summed E-state index contributed by atoms with van der Waals surface area (Å²) in [5.41, 5.74) is -0.433. The zero-order chi connectivity index (χ0) is 14.9. The lowest BCUT2D eigenvalue weighted by Crippen LogP contribution is -2.65. The van der Waals surface area contributed by atoms with Gasteiger partial charge in [0.1, 0.15) is 11.4 Å². The number of benzene rings is 1. The Morgan fingerprint density at radius 1 is 1.50 bits per heavy atom. The zero-order valence-electron chi connectivity index (χ0n) is 11.4. The fourth-order valence-electron chi connectivity index (χ4n) is 2.04. The van der Waals surface area contributed by atoms with Crippen molar-refractivity contribution >= 4 is 27.9 Å². The van der Waals surface area contributed by atoms with Crippen molar-refractivity contribution in [1.29, 1.82) is 0 Å². The van der Waals surface area contributed by atoms with Gasteiger partial charge >= 0.3 is 0 Å². The van der Waals surface area contributed by atoms with Crippen molar-refractivity contribution < 1.29 is 14.3 Å². The van der Waals surface area contributed by atoms with E-state index in [1.165, 1.54) is 18.2 Å². The van der Waals surface area contributed by atoms with Crippen LogP contribution in [0.3, 0.4) is 0 Å². The molecule has 0 aromatic heterocycles. The molecule has 1 amide bonds. The summed E-state index contributed by atoms with van der Waals surface area (Å²) < 4.78 is 14.3. The summed E-state index contributed by atoms with van der Waals surface area (Å²) in [6.45, 7) is 4.51. The fourth-order valence-corrected chi connectivity index (χ4v) is 2.42. The van der Waals surface area contributed by atoms with Crippen LogP contribution < -0.4 is 0 Å². The van der Waals surface area contributed by atoms with Crippen LogP contribution in [-0.2, 0) is 4.79 Å². The lowest BCUT2D eigenvalue weighted by Gasteiger charge is -2.48. The minimum Gasteiger partial charge on any atom is -0.386 e. The highest BCUT2D eigenvalue weighted by molar-refractivity contribution is 9.10. The number of aliphatic hydroxyl groups is 1. The quantitative estimate of drug-likeness (QED) is 0.859. The second kappa shape index (κ2) is 5.66. The zero-order valence-corrected chi connectivity index (χ0v) is 13.0. The Bertz CT molecular complexity index is 551. The summed E-state index contributed by atoms with van der Waals surface area (Å²) in [5, 5.41) is 10.1. The Morgan fingerprint density at radius 3 is 2.75 bits per heavy atom. The number of carbonyl (C=O) groups is 1. The van der Waals surface area contributed by atoms with E-state index in [4.69, 9.17) is 0 Å². The predicted molar refractivity (Wildman–Crippen MR) is 79.5 cm³/mol. The van der Waals surface area contributed by atoms with Gasteiger partial charge < -0.3 is 10.0 Å².